The molecule has 3 heteroatoms. The summed E-state index contributed by atoms with van der Waals surface area (Å²) < 4.78 is 1.97. The maximum absolute atomic E-state index is 3.98. The molecule has 0 aliphatic heterocycles. The van der Waals surface area contributed by atoms with Crippen molar-refractivity contribution in [2.75, 3.05) is 0 Å². The van der Waals surface area contributed by atoms with Crippen LogP contribution < -0.4 is 10.9 Å². The van der Waals surface area contributed by atoms with Crippen LogP contribution in [0.1, 0.15) is 5.82 Å². The number of imidazole rings is 1. The van der Waals surface area contributed by atoms with E-state index >= 15 is 0 Å². The fourth-order valence-electron chi connectivity index (χ4n) is 2.23. The van der Waals surface area contributed by atoms with E-state index in [4.69, 9.17) is 0 Å². The monoisotopic (exact) mass is 288 g/mol. The third-order valence-electron chi connectivity index (χ3n) is 3.62. The van der Waals surface area contributed by atoms with Gasteiger partial charge >= 0.3 is 0 Å². The molecule has 0 aliphatic rings. The molecule has 0 bridgehead atoms. The van der Waals surface area contributed by atoms with Crippen LogP contribution in [0.15, 0.2) is 85.6 Å². The maximum Gasteiger partial charge on any atom is 0.233 e. The zero-order chi connectivity index (χ0) is 15.8. The van der Waals surface area contributed by atoms with Gasteiger partial charge in [0.25, 0.3) is 0 Å². The molecule has 2 aromatic carbocycles. The van der Waals surface area contributed by atoms with E-state index in [-0.39, 0.29) is 0 Å². The van der Waals surface area contributed by atoms with Crippen LogP contribution in [0.25, 0.3) is 0 Å². The van der Waals surface area contributed by atoms with Crippen molar-refractivity contribution < 1.29 is 0 Å². The van der Waals surface area contributed by atoms with Crippen LogP contribution in [0.3, 0.4) is 0 Å². The van der Waals surface area contributed by atoms with Crippen molar-refractivity contribution in [2.45, 2.75) is 6.92 Å². The van der Waals surface area contributed by atoms with Crippen LogP contribution in [0.5, 0.6) is 0 Å². The quantitative estimate of drug-likeness (QED) is 0.678. The molecule has 22 heavy (non-hydrogen) atoms. The molecule has 0 saturated heterocycles. The molecule has 0 radical (unpaired) electrons. The van der Waals surface area contributed by atoms with Gasteiger partial charge in [0, 0.05) is 19.4 Å². The normalized spacial score (nSPS) is 9.55. The fourth-order valence-corrected chi connectivity index (χ4v) is 2.23. The summed E-state index contributed by atoms with van der Waals surface area (Å²) in [6, 6.07) is 20.9. The lowest BCUT2D eigenvalue weighted by molar-refractivity contribution is 0.858. The van der Waals surface area contributed by atoms with Gasteiger partial charge in [-0.3, -0.25) is 0 Å². The van der Waals surface area contributed by atoms with Crippen LogP contribution in [-0.4, -0.2) is 16.3 Å². The van der Waals surface area contributed by atoms with Gasteiger partial charge in [-0.05, 0) is 6.92 Å². The molecule has 3 rings (SSSR count). The highest BCUT2D eigenvalue weighted by Gasteiger charge is 2.13. The summed E-state index contributed by atoms with van der Waals surface area (Å²) in [4.78, 5) is 3.98. The van der Waals surface area contributed by atoms with Gasteiger partial charge in [-0.15, -0.1) is 12.6 Å². The van der Waals surface area contributed by atoms with Crippen molar-refractivity contribution in [3.8, 4) is 0 Å². The summed E-state index contributed by atoms with van der Waals surface area (Å²) in [5, 5.41) is 0. The number of aryl methyl sites for hydroxylation is 2. The molecule has 0 spiro atoms. The minimum atomic E-state index is 0.299. The second kappa shape index (κ2) is 8.03. The number of hydrogen-bond donors (Lipinski definition) is 0. The summed E-state index contributed by atoms with van der Waals surface area (Å²) in [7, 11) is 1.97. The number of hydrogen-bond acceptors (Lipinski definition) is 1. The predicted molar refractivity (Wildman–Crippen MR) is 96.0 cm³/mol. The van der Waals surface area contributed by atoms with E-state index in [1.165, 1.54) is 10.9 Å². The van der Waals surface area contributed by atoms with E-state index in [1.807, 2.05) is 42.8 Å². The van der Waals surface area contributed by atoms with E-state index in [2.05, 4.69) is 60.1 Å². The first-order valence-corrected chi connectivity index (χ1v) is 7.38. The van der Waals surface area contributed by atoms with Crippen LogP contribution in [0, 0.1) is 6.92 Å². The predicted octanol–water partition coefficient (Wildman–Crippen LogP) is 2.75. The Morgan fingerprint density at radius 1 is 0.955 bits per heavy atom. The van der Waals surface area contributed by atoms with Crippen molar-refractivity contribution in [1.29, 1.82) is 0 Å². The second-order valence-corrected chi connectivity index (χ2v) is 5.12. The molecule has 0 fully saturated rings. The summed E-state index contributed by atoms with van der Waals surface area (Å²) in [5.41, 5.74) is 2.58. The van der Waals surface area contributed by atoms with Crippen LogP contribution in [-0.2, 0) is 7.05 Å². The Morgan fingerprint density at radius 3 is 1.73 bits per heavy atom. The van der Waals surface area contributed by atoms with E-state index in [0.29, 0.717) is 6.71 Å². The zero-order valence-electron chi connectivity index (χ0n) is 13.2. The summed E-state index contributed by atoms with van der Waals surface area (Å²) in [6.45, 7) is 6.18. The smallest absolute Gasteiger partial charge is 0.233 e. The molecule has 0 aliphatic carbocycles. The molecule has 110 valence electrons. The Bertz CT molecular complexity index is 634. The number of benzene rings is 2. The van der Waals surface area contributed by atoms with Gasteiger partial charge in [0.05, 0.1) is 0 Å². The molecular formula is C19H21BN2. The van der Waals surface area contributed by atoms with Crippen LogP contribution >= 0.6 is 0 Å². The van der Waals surface area contributed by atoms with Gasteiger partial charge in [0.1, 0.15) is 5.82 Å². The Hall–Kier alpha value is -2.55. The summed E-state index contributed by atoms with van der Waals surface area (Å²) in [6.07, 6.45) is 3.71. The van der Waals surface area contributed by atoms with Crippen LogP contribution in [0.2, 0.25) is 0 Å². The Kier molecular flexibility index (Phi) is 5.78. The zero-order valence-corrected chi connectivity index (χ0v) is 13.2. The SMILES string of the molecule is C=CB(c1ccccc1)c1ccccc1.Cc1nccn1C. The molecule has 0 amide bonds. The summed E-state index contributed by atoms with van der Waals surface area (Å²) >= 11 is 0. The second-order valence-electron chi connectivity index (χ2n) is 5.12. The molecule has 2 nitrogen and oxygen atoms in total. The molecule has 3 aromatic rings. The Labute approximate surface area is 133 Å². The first-order chi connectivity index (χ1) is 10.7. The van der Waals surface area contributed by atoms with Crippen molar-refractivity contribution >= 4 is 17.6 Å². The number of rotatable bonds is 3. The first-order valence-electron chi connectivity index (χ1n) is 7.38. The van der Waals surface area contributed by atoms with Crippen molar-refractivity contribution in [1.82, 2.24) is 9.55 Å². The maximum atomic E-state index is 3.98. The van der Waals surface area contributed by atoms with Gasteiger partial charge in [-0.25, -0.2) is 4.98 Å². The minimum Gasteiger partial charge on any atom is -0.338 e. The highest BCUT2D eigenvalue weighted by atomic mass is 15.0. The molecule has 0 atom stereocenters. The lowest BCUT2D eigenvalue weighted by atomic mass is 9.41. The number of aromatic nitrogens is 2. The standard InChI is InChI=1S/C14H13B.C5H8N2/c1-2-15(13-9-5-3-6-10-13)14-11-7-4-8-12-14;1-5-6-3-4-7(5)2/h2-12H,1H2;3-4H,1-2H3. The van der Waals surface area contributed by atoms with E-state index < -0.39 is 0 Å². The van der Waals surface area contributed by atoms with E-state index in [0.717, 1.165) is 5.82 Å². The van der Waals surface area contributed by atoms with Crippen molar-refractivity contribution in [2.24, 2.45) is 7.05 Å². The molecule has 1 heterocycles. The highest BCUT2D eigenvalue weighted by molar-refractivity contribution is 6.89. The fraction of sp³-hybridized carbons (Fsp3) is 0.105. The highest BCUT2D eigenvalue weighted by Crippen LogP contribution is 1.93. The Morgan fingerprint density at radius 2 is 1.45 bits per heavy atom. The molecule has 1 aromatic heterocycles. The minimum absolute atomic E-state index is 0.299. The first kappa shape index (κ1) is 15.8. The lowest BCUT2D eigenvalue weighted by Crippen LogP contribution is -2.40. The number of nitrogens with zero attached hydrogens (tertiary/aromatic N) is 2. The lowest BCUT2D eigenvalue weighted by Gasteiger charge is -2.09. The molecule has 0 N–H and O–H groups in total. The molecular weight excluding hydrogens is 267 g/mol. The van der Waals surface area contributed by atoms with Gasteiger partial charge in [-0.1, -0.05) is 71.6 Å². The Balaban J connectivity index is 0.000000211. The average Bonchev–Trinajstić information content (AvgIpc) is 2.94. The largest absolute Gasteiger partial charge is 0.338 e. The third kappa shape index (κ3) is 4.22. The molecule has 0 unspecified atom stereocenters. The molecule has 0 saturated carbocycles. The third-order valence-corrected chi connectivity index (χ3v) is 3.62. The van der Waals surface area contributed by atoms with Gasteiger partial charge in [0.2, 0.25) is 6.71 Å². The average molecular weight is 288 g/mol. The van der Waals surface area contributed by atoms with Gasteiger partial charge in [-0.2, -0.15) is 0 Å². The summed E-state index contributed by atoms with van der Waals surface area (Å²) in [5.74, 6) is 3.05. The van der Waals surface area contributed by atoms with E-state index in [1.54, 1.807) is 6.20 Å². The van der Waals surface area contributed by atoms with Gasteiger partial charge in [0.15, 0.2) is 0 Å². The van der Waals surface area contributed by atoms with Crippen molar-refractivity contribution in [3.05, 3.63) is 91.4 Å². The topological polar surface area (TPSA) is 17.8 Å². The van der Waals surface area contributed by atoms with E-state index in [9.17, 15) is 0 Å². The van der Waals surface area contributed by atoms with Crippen molar-refractivity contribution in [3.63, 3.8) is 0 Å². The van der Waals surface area contributed by atoms with Crippen LogP contribution in [0.4, 0.5) is 0 Å². The van der Waals surface area contributed by atoms with Gasteiger partial charge < -0.3 is 4.57 Å².